The Balaban J connectivity index is 1.27. The zero-order valence-electron chi connectivity index (χ0n) is 18.1. The molecule has 0 unspecified atom stereocenters. The monoisotopic (exact) mass is 392 g/mol. The Bertz CT molecular complexity index is 729. The molecule has 4 rings (SSSR count). The second kappa shape index (κ2) is 9.92. The highest BCUT2D eigenvalue weighted by Crippen LogP contribution is 2.44. The van der Waals surface area contributed by atoms with Crippen molar-refractivity contribution in [1.82, 2.24) is 0 Å². The molecule has 2 saturated carbocycles. The van der Waals surface area contributed by atoms with E-state index in [9.17, 15) is 4.39 Å². The Hall–Kier alpha value is -1.63. The number of benzene rings is 2. The average molecular weight is 393 g/mol. The lowest BCUT2D eigenvalue weighted by Gasteiger charge is -2.38. The first-order valence-electron chi connectivity index (χ1n) is 12.0. The Morgan fingerprint density at radius 2 is 1.21 bits per heavy atom. The van der Waals surface area contributed by atoms with Gasteiger partial charge in [-0.1, -0.05) is 66.9 Å². The number of aryl methyl sites for hydroxylation is 1. The maximum Gasteiger partial charge on any atom is 0.0894 e. The molecule has 156 valence electrons. The predicted octanol–water partition coefficient (Wildman–Crippen LogP) is 8.49. The lowest BCUT2D eigenvalue weighted by molar-refractivity contribution is 0.155. The average Bonchev–Trinajstić information content (AvgIpc) is 2.79. The smallest absolute Gasteiger partial charge is 0.0894 e. The lowest BCUT2D eigenvalue weighted by Crippen LogP contribution is -2.25. The van der Waals surface area contributed by atoms with E-state index in [0.717, 1.165) is 36.5 Å². The van der Waals surface area contributed by atoms with Crippen molar-refractivity contribution in [3.8, 4) is 11.1 Å². The Kier molecular flexibility index (Phi) is 7.06. The number of hydrogen-bond donors (Lipinski definition) is 0. The van der Waals surface area contributed by atoms with Gasteiger partial charge in [0.2, 0.25) is 0 Å². The molecule has 0 radical (unpaired) electrons. The van der Waals surface area contributed by atoms with Crippen LogP contribution in [0.3, 0.4) is 0 Å². The van der Waals surface area contributed by atoms with Crippen molar-refractivity contribution in [2.75, 3.05) is 6.67 Å². The zero-order valence-corrected chi connectivity index (χ0v) is 18.1. The molecule has 0 N–H and O–H groups in total. The van der Waals surface area contributed by atoms with Crippen molar-refractivity contribution < 1.29 is 4.39 Å². The SMILES string of the molecule is Cc1ccc(-c2ccc([C@H]3CC[C@H]([C@H]4CC[C@H](CCCF)CC4)CC3)cc2)cc1. The van der Waals surface area contributed by atoms with Crippen molar-refractivity contribution >= 4 is 0 Å². The summed E-state index contributed by atoms with van der Waals surface area (Å²) < 4.78 is 12.4. The van der Waals surface area contributed by atoms with Gasteiger partial charge in [0.05, 0.1) is 6.67 Å². The van der Waals surface area contributed by atoms with Crippen LogP contribution in [0.4, 0.5) is 4.39 Å². The first kappa shape index (κ1) is 20.6. The highest BCUT2D eigenvalue weighted by molar-refractivity contribution is 5.64. The second-order valence-electron chi connectivity index (χ2n) is 9.71. The van der Waals surface area contributed by atoms with Crippen LogP contribution in [0.2, 0.25) is 0 Å². The minimum absolute atomic E-state index is 0.129. The number of halogens is 1. The standard InChI is InChI=1S/C28H37F/c1-21-4-8-23(9-5-21)25-12-16-27(17-13-25)28-18-14-26(15-19-28)24-10-6-22(7-11-24)3-2-20-29/h4-5,8-9,12-13,16-17,22,24,26,28H,2-3,6-7,10-11,14-15,18-20H2,1H3/t22-,24-,26-,28-. The quantitative estimate of drug-likeness (QED) is 0.462. The number of rotatable bonds is 6. The molecule has 0 heterocycles. The fourth-order valence-corrected chi connectivity index (χ4v) is 5.93. The molecule has 1 heteroatoms. The number of alkyl halides is 1. The topological polar surface area (TPSA) is 0 Å². The molecule has 0 aromatic heterocycles. The Morgan fingerprint density at radius 1 is 0.690 bits per heavy atom. The van der Waals surface area contributed by atoms with Crippen LogP contribution < -0.4 is 0 Å². The van der Waals surface area contributed by atoms with Gasteiger partial charge in [0.1, 0.15) is 0 Å². The molecule has 2 aromatic carbocycles. The minimum Gasteiger partial charge on any atom is -0.251 e. The van der Waals surface area contributed by atoms with E-state index in [1.54, 1.807) is 0 Å². The summed E-state index contributed by atoms with van der Waals surface area (Å²) in [6.45, 7) is 2.01. The molecular formula is C28H37F. The van der Waals surface area contributed by atoms with Crippen molar-refractivity contribution in [1.29, 1.82) is 0 Å². The van der Waals surface area contributed by atoms with E-state index in [0.29, 0.717) is 0 Å². The van der Waals surface area contributed by atoms with E-state index in [4.69, 9.17) is 0 Å². The van der Waals surface area contributed by atoms with Gasteiger partial charge in [-0.2, -0.15) is 0 Å². The van der Waals surface area contributed by atoms with E-state index in [-0.39, 0.29) is 6.67 Å². The van der Waals surface area contributed by atoms with E-state index in [2.05, 4.69) is 55.5 Å². The van der Waals surface area contributed by atoms with Gasteiger partial charge in [0, 0.05) is 0 Å². The number of hydrogen-bond acceptors (Lipinski definition) is 0. The van der Waals surface area contributed by atoms with Gasteiger partial charge < -0.3 is 0 Å². The molecule has 0 saturated heterocycles. The van der Waals surface area contributed by atoms with Crippen LogP contribution in [0.25, 0.3) is 11.1 Å². The summed E-state index contributed by atoms with van der Waals surface area (Å²) in [6.07, 6.45) is 12.9. The summed E-state index contributed by atoms with van der Waals surface area (Å²) in [6, 6.07) is 18.2. The van der Waals surface area contributed by atoms with Gasteiger partial charge >= 0.3 is 0 Å². The third-order valence-corrected chi connectivity index (χ3v) is 7.84. The third-order valence-electron chi connectivity index (χ3n) is 7.84. The van der Waals surface area contributed by atoms with Crippen LogP contribution in [-0.4, -0.2) is 6.67 Å². The normalized spacial score (nSPS) is 27.7. The zero-order chi connectivity index (χ0) is 20.1. The van der Waals surface area contributed by atoms with Crippen LogP contribution in [0, 0.1) is 24.7 Å². The molecule has 0 bridgehead atoms. The minimum atomic E-state index is -0.129. The second-order valence-corrected chi connectivity index (χ2v) is 9.71. The fraction of sp³-hybridized carbons (Fsp3) is 0.571. The first-order valence-corrected chi connectivity index (χ1v) is 12.0. The largest absolute Gasteiger partial charge is 0.251 e. The maximum atomic E-state index is 12.4. The van der Waals surface area contributed by atoms with Crippen molar-refractivity contribution in [3.05, 3.63) is 59.7 Å². The Morgan fingerprint density at radius 3 is 1.76 bits per heavy atom. The predicted molar refractivity (Wildman–Crippen MR) is 122 cm³/mol. The van der Waals surface area contributed by atoms with Gasteiger partial charge in [-0.25, -0.2) is 0 Å². The van der Waals surface area contributed by atoms with E-state index in [1.165, 1.54) is 73.6 Å². The third kappa shape index (κ3) is 5.30. The van der Waals surface area contributed by atoms with E-state index in [1.807, 2.05) is 0 Å². The van der Waals surface area contributed by atoms with Gasteiger partial charge in [0.15, 0.2) is 0 Å². The highest BCUT2D eigenvalue weighted by Gasteiger charge is 2.31. The summed E-state index contributed by atoms with van der Waals surface area (Å²) in [5.41, 5.74) is 5.49. The van der Waals surface area contributed by atoms with Gasteiger partial charge in [-0.3, -0.25) is 4.39 Å². The molecule has 2 aromatic rings. The van der Waals surface area contributed by atoms with E-state index >= 15 is 0 Å². The Labute approximate surface area is 176 Å². The van der Waals surface area contributed by atoms with Crippen LogP contribution in [0.1, 0.15) is 81.3 Å². The highest BCUT2D eigenvalue weighted by atomic mass is 19.1. The fourth-order valence-electron chi connectivity index (χ4n) is 5.93. The van der Waals surface area contributed by atoms with Crippen LogP contribution in [0.15, 0.2) is 48.5 Å². The summed E-state index contributed by atoms with van der Waals surface area (Å²) in [5, 5.41) is 0. The molecular weight excluding hydrogens is 355 g/mol. The van der Waals surface area contributed by atoms with Crippen LogP contribution in [0.5, 0.6) is 0 Å². The lowest BCUT2D eigenvalue weighted by atomic mass is 9.68. The summed E-state index contributed by atoms with van der Waals surface area (Å²) in [5.74, 6) is 3.45. The van der Waals surface area contributed by atoms with Crippen molar-refractivity contribution in [2.45, 2.75) is 77.0 Å². The van der Waals surface area contributed by atoms with Gasteiger partial charge in [-0.05, 0) is 98.7 Å². The molecule has 2 fully saturated rings. The molecule has 0 spiro atoms. The molecule has 0 aliphatic heterocycles. The van der Waals surface area contributed by atoms with Gasteiger partial charge in [-0.15, -0.1) is 0 Å². The summed E-state index contributed by atoms with van der Waals surface area (Å²) >= 11 is 0. The first-order chi connectivity index (χ1) is 14.2. The van der Waals surface area contributed by atoms with Crippen molar-refractivity contribution in [3.63, 3.8) is 0 Å². The molecule has 0 amide bonds. The maximum absolute atomic E-state index is 12.4. The summed E-state index contributed by atoms with van der Waals surface area (Å²) in [4.78, 5) is 0. The molecule has 0 nitrogen and oxygen atoms in total. The molecule has 29 heavy (non-hydrogen) atoms. The van der Waals surface area contributed by atoms with Crippen LogP contribution >= 0.6 is 0 Å². The molecule has 2 aliphatic rings. The van der Waals surface area contributed by atoms with Crippen LogP contribution in [-0.2, 0) is 0 Å². The van der Waals surface area contributed by atoms with Gasteiger partial charge in [0.25, 0.3) is 0 Å². The molecule has 0 atom stereocenters. The summed E-state index contributed by atoms with van der Waals surface area (Å²) in [7, 11) is 0. The van der Waals surface area contributed by atoms with E-state index < -0.39 is 0 Å². The molecule has 2 aliphatic carbocycles. The van der Waals surface area contributed by atoms with Crippen molar-refractivity contribution in [2.24, 2.45) is 17.8 Å².